The topological polar surface area (TPSA) is 63.8 Å². The van der Waals surface area contributed by atoms with Crippen LogP contribution >= 0.6 is 12.2 Å². The summed E-state index contributed by atoms with van der Waals surface area (Å²) in [5.74, 6) is 2.08. The summed E-state index contributed by atoms with van der Waals surface area (Å²) in [6.45, 7) is 4.60. The van der Waals surface area contributed by atoms with Gasteiger partial charge in [-0.1, -0.05) is 38.9 Å². The highest BCUT2D eigenvalue weighted by Crippen LogP contribution is 2.31. The molecule has 0 spiro atoms. The first kappa shape index (κ1) is 13.2. The van der Waals surface area contributed by atoms with Crippen molar-refractivity contribution in [2.24, 2.45) is 17.6 Å². The molecule has 18 heavy (non-hydrogen) atoms. The zero-order chi connectivity index (χ0) is 13.1. The minimum absolute atomic E-state index is 0.365. The summed E-state index contributed by atoms with van der Waals surface area (Å²) >= 11 is 5.04. The third-order valence-corrected chi connectivity index (χ3v) is 4.24. The summed E-state index contributed by atoms with van der Waals surface area (Å²) in [6.07, 6.45) is 5.35. The molecule has 1 aliphatic rings. The van der Waals surface area contributed by atoms with Gasteiger partial charge in [-0.25, -0.2) is 0 Å². The van der Waals surface area contributed by atoms with Gasteiger partial charge < -0.3 is 11.1 Å². The van der Waals surface area contributed by atoms with E-state index in [0.717, 1.165) is 17.3 Å². The Morgan fingerprint density at radius 3 is 2.94 bits per heavy atom. The van der Waals surface area contributed by atoms with Crippen molar-refractivity contribution in [2.45, 2.75) is 39.2 Å². The molecule has 3 atom stereocenters. The largest absolute Gasteiger partial charge is 0.389 e. The Bertz CT molecular complexity index is 435. The van der Waals surface area contributed by atoms with Gasteiger partial charge in [-0.05, 0) is 24.3 Å². The number of hydrogen-bond acceptors (Lipinski definition) is 4. The number of hydrogen-bond donors (Lipinski definition) is 2. The highest BCUT2D eigenvalue weighted by atomic mass is 32.1. The van der Waals surface area contributed by atoms with Crippen molar-refractivity contribution in [3.05, 3.63) is 17.8 Å². The van der Waals surface area contributed by atoms with E-state index < -0.39 is 0 Å². The van der Waals surface area contributed by atoms with Gasteiger partial charge in [0, 0.05) is 6.04 Å². The van der Waals surface area contributed by atoms with Crippen LogP contribution in [0.1, 0.15) is 38.7 Å². The summed E-state index contributed by atoms with van der Waals surface area (Å²) in [6, 6.07) is 2.24. The zero-order valence-corrected chi connectivity index (χ0v) is 11.7. The van der Waals surface area contributed by atoms with Gasteiger partial charge in [-0.2, -0.15) is 5.10 Å². The van der Waals surface area contributed by atoms with Crippen LogP contribution in [-0.4, -0.2) is 21.2 Å². The lowest BCUT2D eigenvalue weighted by Gasteiger charge is -2.35. The minimum Gasteiger partial charge on any atom is -0.389 e. The third-order valence-electron chi connectivity index (χ3n) is 4.02. The molecule has 0 radical (unpaired) electrons. The quantitative estimate of drug-likeness (QED) is 0.820. The smallest absolute Gasteiger partial charge is 0.159 e. The Balaban J connectivity index is 2.16. The van der Waals surface area contributed by atoms with Crippen molar-refractivity contribution in [1.82, 2.24) is 10.2 Å². The summed E-state index contributed by atoms with van der Waals surface area (Å²) in [4.78, 5) is 0.365. The van der Waals surface area contributed by atoms with Crippen LogP contribution in [0, 0.1) is 11.8 Å². The van der Waals surface area contributed by atoms with E-state index in [1.54, 1.807) is 6.20 Å². The maximum absolute atomic E-state index is 5.71. The molecule has 3 unspecified atom stereocenters. The molecule has 98 valence electrons. The maximum Gasteiger partial charge on any atom is 0.159 e. The normalized spacial score (nSPS) is 27.8. The van der Waals surface area contributed by atoms with Crippen molar-refractivity contribution in [3.8, 4) is 0 Å². The predicted molar refractivity (Wildman–Crippen MR) is 77.5 cm³/mol. The number of nitrogens with one attached hydrogen (secondary N) is 1. The van der Waals surface area contributed by atoms with Crippen LogP contribution in [0.25, 0.3) is 0 Å². The van der Waals surface area contributed by atoms with Gasteiger partial charge >= 0.3 is 0 Å². The highest BCUT2D eigenvalue weighted by molar-refractivity contribution is 7.80. The van der Waals surface area contributed by atoms with Crippen LogP contribution < -0.4 is 11.1 Å². The first-order chi connectivity index (χ1) is 8.59. The standard InChI is InChI=1S/C13H20N4S/c1-8-4-3-5-11(9(8)2)16-13-10(12(14)18)6-7-15-17-13/h6-9,11H,3-5H2,1-2H3,(H2,14,18)(H,16,17). The molecule has 1 aliphatic carbocycles. The second kappa shape index (κ2) is 5.61. The van der Waals surface area contributed by atoms with Gasteiger partial charge in [0.2, 0.25) is 0 Å². The van der Waals surface area contributed by atoms with E-state index in [1.165, 1.54) is 19.3 Å². The average molecular weight is 264 g/mol. The van der Waals surface area contributed by atoms with Crippen molar-refractivity contribution in [2.75, 3.05) is 5.32 Å². The van der Waals surface area contributed by atoms with Gasteiger partial charge in [0.15, 0.2) is 5.82 Å². The molecule has 1 aromatic rings. The number of nitrogens with zero attached hydrogens (tertiary/aromatic N) is 2. The average Bonchev–Trinajstić information content (AvgIpc) is 2.35. The van der Waals surface area contributed by atoms with Crippen LogP contribution in [0.3, 0.4) is 0 Å². The first-order valence-corrected chi connectivity index (χ1v) is 6.88. The second-order valence-corrected chi connectivity index (χ2v) is 5.62. The lowest BCUT2D eigenvalue weighted by molar-refractivity contribution is 0.252. The summed E-state index contributed by atoms with van der Waals surface area (Å²) in [7, 11) is 0. The van der Waals surface area contributed by atoms with Gasteiger partial charge in [-0.15, -0.1) is 5.10 Å². The number of rotatable bonds is 3. The predicted octanol–water partition coefficient (Wildman–Crippen LogP) is 2.35. The fourth-order valence-corrected chi connectivity index (χ4v) is 2.76. The molecule has 0 bridgehead atoms. The molecule has 1 fully saturated rings. The molecule has 3 N–H and O–H groups in total. The van der Waals surface area contributed by atoms with Crippen molar-refractivity contribution >= 4 is 23.0 Å². The van der Waals surface area contributed by atoms with E-state index >= 15 is 0 Å². The molecule has 0 saturated heterocycles. The molecule has 1 heterocycles. The van der Waals surface area contributed by atoms with Gasteiger partial charge in [0.1, 0.15) is 4.99 Å². The third kappa shape index (κ3) is 2.77. The van der Waals surface area contributed by atoms with Crippen molar-refractivity contribution < 1.29 is 0 Å². The van der Waals surface area contributed by atoms with Crippen molar-refractivity contribution in [1.29, 1.82) is 0 Å². The van der Waals surface area contributed by atoms with E-state index in [-0.39, 0.29) is 0 Å². The Kier molecular flexibility index (Phi) is 4.11. The number of aromatic nitrogens is 2. The van der Waals surface area contributed by atoms with Crippen LogP contribution in [0.5, 0.6) is 0 Å². The Morgan fingerprint density at radius 2 is 2.22 bits per heavy atom. The number of anilines is 1. The fourth-order valence-electron chi connectivity index (χ4n) is 2.60. The molecule has 4 nitrogen and oxygen atoms in total. The van der Waals surface area contributed by atoms with E-state index in [2.05, 4.69) is 29.4 Å². The molecular formula is C13H20N4S. The Labute approximate surface area is 113 Å². The Hall–Kier alpha value is -1.23. The van der Waals surface area contributed by atoms with Crippen molar-refractivity contribution in [3.63, 3.8) is 0 Å². The summed E-state index contributed by atoms with van der Waals surface area (Å²) in [5, 5.41) is 11.5. The van der Waals surface area contributed by atoms with Crippen LogP contribution in [0.15, 0.2) is 12.3 Å². The highest BCUT2D eigenvalue weighted by Gasteiger charge is 2.27. The lowest BCUT2D eigenvalue weighted by atomic mass is 9.78. The molecular weight excluding hydrogens is 244 g/mol. The van der Waals surface area contributed by atoms with E-state index in [0.29, 0.717) is 16.9 Å². The molecule has 0 aliphatic heterocycles. The minimum atomic E-state index is 0.365. The van der Waals surface area contributed by atoms with Gasteiger partial charge in [0.25, 0.3) is 0 Å². The van der Waals surface area contributed by atoms with Crippen LogP contribution in [-0.2, 0) is 0 Å². The van der Waals surface area contributed by atoms with Gasteiger partial charge in [-0.3, -0.25) is 0 Å². The molecule has 2 rings (SSSR count). The van der Waals surface area contributed by atoms with Crippen LogP contribution in [0.2, 0.25) is 0 Å². The monoisotopic (exact) mass is 264 g/mol. The second-order valence-electron chi connectivity index (χ2n) is 5.18. The zero-order valence-electron chi connectivity index (χ0n) is 10.9. The molecule has 0 amide bonds. The Morgan fingerprint density at radius 1 is 1.44 bits per heavy atom. The van der Waals surface area contributed by atoms with Gasteiger partial charge in [0.05, 0.1) is 11.8 Å². The van der Waals surface area contributed by atoms with E-state index in [9.17, 15) is 0 Å². The molecule has 5 heteroatoms. The summed E-state index contributed by atoms with van der Waals surface area (Å²) < 4.78 is 0. The van der Waals surface area contributed by atoms with Crippen LogP contribution in [0.4, 0.5) is 5.82 Å². The molecule has 1 saturated carbocycles. The summed E-state index contributed by atoms with van der Waals surface area (Å²) in [5.41, 5.74) is 6.49. The number of thiocarbonyl (C=S) groups is 1. The van der Waals surface area contributed by atoms with E-state index in [4.69, 9.17) is 18.0 Å². The first-order valence-electron chi connectivity index (χ1n) is 6.47. The SMILES string of the molecule is CC1CCCC(Nc2nnccc2C(N)=S)C1C. The molecule has 0 aromatic carbocycles. The lowest BCUT2D eigenvalue weighted by Crippen LogP contribution is -2.36. The fraction of sp³-hybridized carbons (Fsp3) is 0.615. The van der Waals surface area contributed by atoms with E-state index in [1.807, 2.05) is 6.07 Å². The maximum atomic E-state index is 5.71. The number of nitrogens with two attached hydrogens (primary N) is 1. The molecule has 1 aromatic heterocycles.